The van der Waals surface area contributed by atoms with E-state index in [0.29, 0.717) is 17.3 Å². The molecule has 0 bridgehead atoms. The lowest BCUT2D eigenvalue weighted by atomic mass is 10.2. The Morgan fingerprint density at radius 3 is 2.71 bits per heavy atom. The molecule has 17 heavy (non-hydrogen) atoms. The number of aromatic nitrogens is 2. The van der Waals surface area contributed by atoms with E-state index in [2.05, 4.69) is 21.4 Å². The lowest BCUT2D eigenvalue weighted by Crippen LogP contribution is -1.95. The molecule has 0 fully saturated rings. The van der Waals surface area contributed by atoms with Gasteiger partial charge in [0, 0.05) is 17.3 Å². The van der Waals surface area contributed by atoms with Crippen LogP contribution < -0.4 is 5.32 Å². The second kappa shape index (κ2) is 4.26. The monoisotopic (exact) mass is 228 g/mol. The molecule has 0 aliphatic heterocycles. The molecule has 0 unspecified atom stereocenters. The number of aryl methyl sites for hydroxylation is 2. The molecule has 86 valence electrons. The Morgan fingerprint density at radius 2 is 2.06 bits per heavy atom. The summed E-state index contributed by atoms with van der Waals surface area (Å²) in [5.74, 6) is 1.78. The minimum atomic E-state index is 0.431. The van der Waals surface area contributed by atoms with Gasteiger partial charge in [0.2, 0.25) is 5.88 Å². The van der Waals surface area contributed by atoms with E-state index in [1.54, 1.807) is 6.07 Å². The maximum Gasteiger partial charge on any atom is 0.216 e. The van der Waals surface area contributed by atoms with Gasteiger partial charge in [0.05, 0.1) is 0 Å². The molecule has 2 rings (SSSR count). The number of hydrogen-bond donors (Lipinski definition) is 1. The van der Waals surface area contributed by atoms with Crippen molar-refractivity contribution >= 4 is 11.7 Å². The summed E-state index contributed by atoms with van der Waals surface area (Å²) in [6.45, 7) is 5.55. The van der Waals surface area contributed by atoms with Gasteiger partial charge in [-0.25, -0.2) is 9.97 Å². The van der Waals surface area contributed by atoms with Gasteiger partial charge in [-0.15, -0.1) is 0 Å². The van der Waals surface area contributed by atoms with Crippen molar-refractivity contribution in [2.75, 3.05) is 5.32 Å². The second-order valence-corrected chi connectivity index (χ2v) is 3.77. The van der Waals surface area contributed by atoms with E-state index in [9.17, 15) is 0 Å². The molecule has 0 saturated heterocycles. The van der Waals surface area contributed by atoms with E-state index >= 15 is 0 Å². The summed E-state index contributed by atoms with van der Waals surface area (Å²) < 4.78 is 5.49. The normalized spacial score (nSPS) is 10.0. The third-order valence-corrected chi connectivity index (χ3v) is 2.54. The Balaban J connectivity index is 2.37. The first-order valence-electron chi connectivity index (χ1n) is 5.17. The Kier molecular flexibility index (Phi) is 2.79. The molecular weight excluding hydrogens is 216 g/mol. The van der Waals surface area contributed by atoms with Crippen molar-refractivity contribution < 1.29 is 4.42 Å². The quantitative estimate of drug-likeness (QED) is 0.855. The standard InChI is InChI=1S/C12H12N4O/c1-7-4-11(15-6-14-7)16-12-10(5-13)8(2)9(3)17-12/h4,6H,1-3H3,(H,14,15,16). The first-order valence-corrected chi connectivity index (χ1v) is 5.17. The summed E-state index contributed by atoms with van der Waals surface area (Å²) >= 11 is 0. The van der Waals surface area contributed by atoms with Gasteiger partial charge in [-0.05, 0) is 20.8 Å². The van der Waals surface area contributed by atoms with Crippen LogP contribution in [0.3, 0.4) is 0 Å². The predicted molar refractivity (Wildman–Crippen MR) is 62.9 cm³/mol. The summed E-state index contributed by atoms with van der Waals surface area (Å²) in [6.07, 6.45) is 1.46. The highest BCUT2D eigenvalue weighted by Crippen LogP contribution is 2.27. The van der Waals surface area contributed by atoms with Crippen LogP contribution >= 0.6 is 0 Å². The summed E-state index contributed by atoms with van der Waals surface area (Å²) in [6, 6.07) is 3.91. The molecule has 0 atom stereocenters. The highest BCUT2D eigenvalue weighted by atomic mass is 16.4. The van der Waals surface area contributed by atoms with Crippen LogP contribution in [0, 0.1) is 32.1 Å². The average Bonchev–Trinajstić information content (AvgIpc) is 2.54. The molecule has 5 nitrogen and oxygen atoms in total. The fourth-order valence-corrected chi connectivity index (χ4v) is 1.49. The van der Waals surface area contributed by atoms with Crippen molar-refractivity contribution in [3.8, 4) is 6.07 Å². The van der Waals surface area contributed by atoms with Crippen LogP contribution in [-0.4, -0.2) is 9.97 Å². The van der Waals surface area contributed by atoms with Gasteiger partial charge in [0.1, 0.15) is 29.5 Å². The van der Waals surface area contributed by atoms with Crippen molar-refractivity contribution in [3.05, 3.63) is 35.0 Å². The lowest BCUT2D eigenvalue weighted by Gasteiger charge is -2.02. The Labute approximate surface area is 99.1 Å². The van der Waals surface area contributed by atoms with Gasteiger partial charge in [0.15, 0.2) is 0 Å². The van der Waals surface area contributed by atoms with Crippen molar-refractivity contribution in [2.45, 2.75) is 20.8 Å². The van der Waals surface area contributed by atoms with Gasteiger partial charge in [-0.2, -0.15) is 5.26 Å². The van der Waals surface area contributed by atoms with Crippen molar-refractivity contribution in [2.24, 2.45) is 0 Å². The number of nitrogens with one attached hydrogen (secondary N) is 1. The average molecular weight is 228 g/mol. The van der Waals surface area contributed by atoms with Gasteiger partial charge >= 0.3 is 0 Å². The molecule has 2 aromatic rings. The van der Waals surface area contributed by atoms with Crippen molar-refractivity contribution in [1.29, 1.82) is 5.26 Å². The molecule has 1 N–H and O–H groups in total. The maximum absolute atomic E-state index is 9.06. The Hall–Kier alpha value is -2.35. The Morgan fingerprint density at radius 1 is 1.29 bits per heavy atom. The molecule has 2 aromatic heterocycles. The van der Waals surface area contributed by atoms with Crippen LogP contribution in [0.2, 0.25) is 0 Å². The lowest BCUT2D eigenvalue weighted by molar-refractivity contribution is 0.548. The zero-order valence-corrected chi connectivity index (χ0v) is 9.90. The molecule has 0 amide bonds. The Bertz CT molecular complexity index is 595. The maximum atomic E-state index is 9.06. The fraction of sp³-hybridized carbons (Fsp3) is 0.250. The van der Waals surface area contributed by atoms with Gasteiger partial charge in [0.25, 0.3) is 0 Å². The molecule has 5 heteroatoms. The first kappa shape index (κ1) is 11.1. The molecule has 0 aliphatic rings. The highest BCUT2D eigenvalue weighted by Gasteiger charge is 2.14. The smallest absolute Gasteiger partial charge is 0.216 e. The van der Waals surface area contributed by atoms with Crippen LogP contribution in [-0.2, 0) is 0 Å². The molecule has 0 spiro atoms. The van der Waals surface area contributed by atoms with Crippen LogP contribution in [0.25, 0.3) is 0 Å². The van der Waals surface area contributed by atoms with E-state index in [1.165, 1.54) is 6.33 Å². The summed E-state index contributed by atoms with van der Waals surface area (Å²) in [5.41, 5.74) is 2.21. The third kappa shape index (κ3) is 2.11. The number of nitrogens with zero attached hydrogens (tertiary/aromatic N) is 3. The van der Waals surface area contributed by atoms with E-state index < -0.39 is 0 Å². The van der Waals surface area contributed by atoms with E-state index in [0.717, 1.165) is 17.0 Å². The number of hydrogen-bond acceptors (Lipinski definition) is 5. The minimum absolute atomic E-state index is 0.431. The SMILES string of the molecule is Cc1cc(Nc2oc(C)c(C)c2C#N)ncn1. The van der Waals surface area contributed by atoms with Crippen molar-refractivity contribution in [3.63, 3.8) is 0 Å². The summed E-state index contributed by atoms with van der Waals surface area (Å²) in [7, 11) is 0. The molecule has 0 aromatic carbocycles. The number of rotatable bonds is 2. The predicted octanol–water partition coefficient (Wildman–Crippen LogP) is 2.61. The largest absolute Gasteiger partial charge is 0.444 e. The number of nitriles is 1. The van der Waals surface area contributed by atoms with Crippen molar-refractivity contribution in [1.82, 2.24) is 9.97 Å². The fourth-order valence-electron chi connectivity index (χ4n) is 1.49. The van der Waals surface area contributed by atoms with E-state index in [-0.39, 0.29) is 0 Å². The topological polar surface area (TPSA) is 74.7 Å². The van der Waals surface area contributed by atoms with Gasteiger partial charge < -0.3 is 9.73 Å². The first-order chi connectivity index (χ1) is 8.11. The summed E-state index contributed by atoms with van der Waals surface area (Å²) in [4.78, 5) is 8.06. The van der Waals surface area contributed by atoms with Crippen LogP contribution in [0.5, 0.6) is 0 Å². The van der Waals surface area contributed by atoms with Crippen LogP contribution in [0.15, 0.2) is 16.8 Å². The van der Waals surface area contributed by atoms with E-state index in [4.69, 9.17) is 9.68 Å². The molecule has 2 heterocycles. The third-order valence-electron chi connectivity index (χ3n) is 2.54. The molecule has 0 radical (unpaired) electrons. The number of furan rings is 1. The summed E-state index contributed by atoms with van der Waals surface area (Å²) in [5, 5.41) is 12.0. The van der Waals surface area contributed by atoms with E-state index in [1.807, 2.05) is 20.8 Å². The number of anilines is 2. The zero-order valence-electron chi connectivity index (χ0n) is 9.90. The van der Waals surface area contributed by atoms with Gasteiger partial charge in [-0.3, -0.25) is 0 Å². The highest BCUT2D eigenvalue weighted by molar-refractivity contribution is 5.62. The molecular formula is C12H12N4O. The van der Waals surface area contributed by atoms with Gasteiger partial charge in [-0.1, -0.05) is 0 Å². The minimum Gasteiger partial charge on any atom is -0.444 e. The second-order valence-electron chi connectivity index (χ2n) is 3.77. The molecule has 0 saturated carbocycles. The van der Waals surface area contributed by atoms with Crippen LogP contribution in [0.4, 0.5) is 11.7 Å². The zero-order chi connectivity index (χ0) is 12.4. The van der Waals surface area contributed by atoms with Crippen LogP contribution in [0.1, 0.15) is 22.6 Å². The molecule has 0 aliphatic carbocycles.